The maximum atomic E-state index is 5.81. The Morgan fingerprint density at radius 3 is 2.89 bits per heavy atom. The van der Waals surface area contributed by atoms with Crippen molar-refractivity contribution in [1.82, 2.24) is 10.3 Å². The third kappa shape index (κ3) is 3.78. The zero-order chi connectivity index (χ0) is 12.8. The summed E-state index contributed by atoms with van der Waals surface area (Å²) in [6.45, 7) is 2.75. The first-order valence-corrected chi connectivity index (χ1v) is 6.60. The molecule has 1 aliphatic rings. The van der Waals surface area contributed by atoms with Crippen LogP contribution in [0, 0.1) is 0 Å². The Bertz CT molecular complexity index is 344. The molecule has 0 aromatic heterocycles. The van der Waals surface area contributed by atoms with E-state index in [1.807, 2.05) is 6.07 Å². The lowest BCUT2D eigenvalue weighted by Crippen LogP contribution is -2.53. The fourth-order valence-electron chi connectivity index (χ4n) is 2.40. The lowest BCUT2D eigenvalue weighted by atomic mass is 10.0. The van der Waals surface area contributed by atoms with Crippen LogP contribution >= 0.6 is 0 Å². The highest BCUT2D eigenvalue weighted by molar-refractivity contribution is 5.14. The van der Waals surface area contributed by atoms with Crippen molar-refractivity contribution in [1.29, 1.82) is 0 Å². The minimum atomic E-state index is 0.192. The molecular formula is C14H23N3O. The van der Waals surface area contributed by atoms with Gasteiger partial charge in [0.25, 0.3) is 0 Å². The van der Waals surface area contributed by atoms with Gasteiger partial charge in [0.1, 0.15) is 0 Å². The summed E-state index contributed by atoms with van der Waals surface area (Å²) in [5.74, 6) is 5.66. The number of aryl methyl sites for hydroxylation is 1. The molecule has 0 radical (unpaired) electrons. The van der Waals surface area contributed by atoms with E-state index in [1.165, 1.54) is 5.56 Å². The summed E-state index contributed by atoms with van der Waals surface area (Å²) < 4.78 is 5.81. The Labute approximate surface area is 109 Å². The molecule has 2 rings (SSSR count). The second kappa shape index (κ2) is 6.85. The normalized spacial score (nSPS) is 22.9. The first-order chi connectivity index (χ1) is 8.79. The van der Waals surface area contributed by atoms with E-state index in [1.54, 1.807) is 0 Å². The van der Waals surface area contributed by atoms with Gasteiger partial charge in [-0.15, -0.1) is 0 Å². The molecule has 0 bridgehead atoms. The number of ether oxygens (including phenoxy) is 1. The molecule has 18 heavy (non-hydrogen) atoms. The fourth-order valence-corrected chi connectivity index (χ4v) is 2.40. The third-order valence-corrected chi connectivity index (χ3v) is 3.55. The number of nitrogens with two attached hydrogens (primary N) is 1. The van der Waals surface area contributed by atoms with Crippen molar-refractivity contribution in [3.8, 4) is 0 Å². The smallest absolute Gasteiger partial charge is 0.0868 e. The fraction of sp³-hybridized carbons (Fsp3) is 0.571. The van der Waals surface area contributed by atoms with Crippen molar-refractivity contribution < 1.29 is 4.74 Å². The first-order valence-electron chi connectivity index (χ1n) is 6.60. The van der Waals surface area contributed by atoms with Crippen molar-refractivity contribution in [2.75, 3.05) is 26.7 Å². The number of morpholine rings is 1. The lowest BCUT2D eigenvalue weighted by molar-refractivity contribution is -0.0398. The molecule has 100 valence electrons. The number of benzene rings is 1. The average Bonchev–Trinajstić information content (AvgIpc) is 2.41. The summed E-state index contributed by atoms with van der Waals surface area (Å²) in [5.41, 5.74) is 4.26. The number of hydrogen-bond acceptors (Lipinski definition) is 4. The van der Waals surface area contributed by atoms with Gasteiger partial charge in [-0.2, -0.15) is 0 Å². The van der Waals surface area contributed by atoms with Crippen molar-refractivity contribution in [3.05, 3.63) is 35.9 Å². The van der Waals surface area contributed by atoms with E-state index in [2.05, 4.69) is 41.6 Å². The van der Waals surface area contributed by atoms with Crippen LogP contribution in [-0.4, -0.2) is 43.8 Å². The van der Waals surface area contributed by atoms with Crippen LogP contribution < -0.4 is 11.3 Å². The Kier molecular flexibility index (Phi) is 5.13. The largest absolute Gasteiger partial charge is 0.374 e. The van der Waals surface area contributed by atoms with Gasteiger partial charge < -0.3 is 9.64 Å². The topological polar surface area (TPSA) is 50.5 Å². The molecule has 0 amide bonds. The number of nitrogens with zero attached hydrogens (tertiary/aromatic N) is 1. The minimum absolute atomic E-state index is 0.192. The van der Waals surface area contributed by atoms with Crippen LogP contribution in [0.15, 0.2) is 30.3 Å². The summed E-state index contributed by atoms with van der Waals surface area (Å²) in [6, 6.07) is 10.7. The average molecular weight is 249 g/mol. The Hall–Kier alpha value is -0.940. The van der Waals surface area contributed by atoms with Crippen molar-refractivity contribution >= 4 is 0 Å². The summed E-state index contributed by atoms with van der Waals surface area (Å²) in [7, 11) is 2.13. The summed E-state index contributed by atoms with van der Waals surface area (Å²) in [6.07, 6.45) is 2.22. The molecular weight excluding hydrogens is 226 g/mol. The van der Waals surface area contributed by atoms with E-state index in [-0.39, 0.29) is 12.1 Å². The van der Waals surface area contributed by atoms with E-state index in [9.17, 15) is 0 Å². The van der Waals surface area contributed by atoms with Gasteiger partial charge in [0.15, 0.2) is 0 Å². The molecule has 1 aliphatic heterocycles. The minimum Gasteiger partial charge on any atom is -0.374 e. The van der Waals surface area contributed by atoms with Gasteiger partial charge in [-0.3, -0.25) is 11.3 Å². The number of nitrogens with one attached hydrogen (secondary N) is 1. The molecule has 1 aromatic carbocycles. The molecule has 1 aromatic rings. The molecule has 0 spiro atoms. The van der Waals surface area contributed by atoms with E-state index >= 15 is 0 Å². The maximum absolute atomic E-state index is 5.81. The Balaban J connectivity index is 1.85. The summed E-state index contributed by atoms with van der Waals surface area (Å²) in [5, 5.41) is 0. The second-order valence-corrected chi connectivity index (χ2v) is 4.97. The highest BCUT2D eigenvalue weighted by atomic mass is 16.5. The summed E-state index contributed by atoms with van der Waals surface area (Å²) in [4.78, 5) is 2.29. The standard InChI is InChI=1S/C14H23N3O/c1-17-9-10-18-14(11-17)13(16-15)8-7-12-5-3-2-4-6-12/h2-6,13-14,16H,7-11,15H2,1H3. The monoisotopic (exact) mass is 249 g/mol. The SMILES string of the molecule is CN1CCOC(C(CCc2ccccc2)NN)C1. The van der Waals surface area contributed by atoms with Crippen LogP contribution in [0.5, 0.6) is 0 Å². The van der Waals surface area contributed by atoms with Crippen LogP contribution in [0.25, 0.3) is 0 Å². The van der Waals surface area contributed by atoms with Crippen molar-refractivity contribution in [3.63, 3.8) is 0 Å². The highest BCUT2D eigenvalue weighted by Crippen LogP contribution is 2.12. The molecule has 2 atom stereocenters. The van der Waals surface area contributed by atoms with Crippen LogP contribution in [-0.2, 0) is 11.2 Å². The van der Waals surface area contributed by atoms with E-state index in [0.717, 1.165) is 32.5 Å². The molecule has 4 nitrogen and oxygen atoms in total. The molecule has 1 saturated heterocycles. The van der Waals surface area contributed by atoms with Gasteiger partial charge in [0.05, 0.1) is 12.7 Å². The number of likely N-dealkylation sites (N-methyl/N-ethyl adjacent to an activating group) is 1. The van der Waals surface area contributed by atoms with E-state index in [4.69, 9.17) is 10.6 Å². The van der Waals surface area contributed by atoms with Crippen LogP contribution in [0.1, 0.15) is 12.0 Å². The van der Waals surface area contributed by atoms with Crippen molar-refractivity contribution in [2.24, 2.45) is 5.84 Å². The van der Waals surface area contributed by atoms with Crippen LogP contribution in [0.2, 0.25) is 0 Å². The number of hydrogen-bond donors (Lipinski definition) is 2. The van der Waals surface area contributed by atoms with E-state index in [0.29, 0.717) is 0 Å². The maximum Gasteiger partial charge on any atom is 0.0868 e. The van der Waals surface area contributed by atoms with Crippen molar-refractivity contribution in [2.45, 2.75) is 25.0 Å². The number of hydrazine groups is 1. The molecule has 3 N–H and O–H groups in total. The quantitative estimate of drug-likeness (QED) is 0.598. The Morgan fingerprint density at radius 2 is 2.22 bits per heavy atom. The lowest BCUT2D eigenvalue weighted by Gasteiger charge is -2.34. The third-order valence-electron chi connectivity index (χ3n) is 3.55. The predicted molar refractivity (Wildman–Crippen MR) is 73.1 cm³/mol. The van der Waals surface area contributed by atoms with Gasteiger partial charge in [0.2, 0.25) is 0 Å². The second-order valence-electron chi connectivity index (χ2n) is 4.97. The van der Waals surface area contributed by atoms with E-state index < -0.39 is 0 Å². The van der Waals surface area contributed by atoms with Gasteiger partial charge in [-0.1, -0.05) is 30.3 Å². The van der Waals surface area contributed by atoms with Gasteiger partial charge in [-0.25, -0.2) is 0 Å². The summed E-state index contributed by atoms with van der Waals surface area (Å²) >= 11 is 0. The van der Waals surface area contributed by atoms with Crippen LogP contribution in [0.4, 0.5) is 0 Å². The highest BCUT2D eigenvalue weighted by Gasteiger charge is 2.25. The first kappa shape index (κ1) is 13.5. The van der Waals surface area contributed by atoms with Gasteiger partial charge in [0, 0.05) is 19.1 Å². The Morgan fingerprint density at radius 1 is 1.44 bits per heavy atom. The van der Waals surface area contributed by atoms with Gasteiger partial charge >= 0.3 is 0 Å². The zero-order valence-corrected chi connectivity index (χ0v) is 11.0. The van der Waals surface area contributed by atoms with Gasteiger partial charge in [-0.05, 0) is 25.5 Å². The van der Waals surface area contributed by atoms with Crippen LogP contribution in [0.3, 0.4) is 0 Å². The molecule has 1 fully saturated rings. The molecule has 2 unspecified atom stereocenters. The molecule has 4 heteroatoms. The molecule has 0 saturated carbocycles. The zero-order valence-electron chi connectivity index (χ0n) is 11.0. The number of rotatable bonds is 5. The predicted octanol–water partition coefficient (Wildman–Crippen LogP) is 0.782. The molecule has 0 aliphatic carbocycles. The molecule has 1 heterocycles.